The van der Waals surface area contributed by atoms with Crippen LogP contribution in [0.3, 0.4) is 0 Å². The van der Waals surface area contributed by atoms with E-state index in [0.29, 0.717) is 35.0 Å². The van der Waals surface area contributed by atoms with Gasteiger partial charge in [-0.05, 0) is 25.1 Å². The molecule has 1 N–H and O–H groups in total. The Bertz CT molecular complexity index is 864. The maximum atomic E-state index is 13.3. The van der Waals surface area contributed by atoms with Crippen molar-refractivity contribution in [1.82, 2.24) is 9.97 Å². The van der Waals surface area contributed by atoms with Gasteiger partial charge in [0.1, 0.15) is 5.82 Å². The normalized spacial score (nSPS) is 11.3. The van der Waals surface area contributed by atoms with Gasteiger partial charge in [-0.3, -0.25) is 0 Å². The Balaban J connectivity index is 1.96. The number of halogens is 2. The van der Waals surface area contributed by atoms with Gasteiger partial charge in [0.15, 0.2) is 23.1 Å². The fourth-order valence-electron chi connectivity index (χ4n) is 2.40. The largest absolute Gasteiger partial charge is 0.493 e. The van der Waals surface area contributed by atoms with Crippen LogP contribution in [0.2, 0.25) is 0 Å². The number of methoxy groups -OCH3 is 1. The van der Waals surface area contributed by atoms with Gasteiger partial charge in [0.05, 0.1) is 24.8 Å². The van der Waals surface area contributed by atoms with Crippen LogP contribution < -0.4 is 9.47 Å². The minimum atomic E-state index is -0.920. The summed E-state index contributed by atoms with van der Waals surface area (Å²) in [6.45, 7) is 2.40. The van der Waals surface area contributed by atoms with E-state index in [9.17, 15) is 8.78 Å². The molecule has 0 saturated carbocycles. The Kier molecular flexibility index (Phi) is 4.46. The summed E-state index contributed by atoms with van der Waals surface area (Å²) in [5.41, 5.74) is 1.61. The van der Waals surface area contributed by atoms with Crippen LogP contribution in [0, 0.1) is 11.6 Å². The summed E-state index contributed by atoms with van der Waals surface area (Å²) in [5, 5.41) is 0. The maximum Gasteiger partial charge on any atom is 0.168 e. The first-order valence-corrected chi connectivity index (χ1v) is 7.45. The molecule has 0 atom stereocenters. The summed E-state index contributed by atoms with van der Waals surface area (Å²) >= 11 is 0. The molecular formula is C18H16F2N2O2. The highest BCUT2D eigenvalue weighted by atomic mass is 19.2. The van der Waals surface area contributed by atoms with E-state index in [1.165, 1.54) is 0 Å². The monoisotopic (exact) mass is 330 g/mol. The number of rotatable bonds is 5. The highest BCUT2D eigenvalue weighted by molar-refractivity contribution is 5.80. The molecule has 1 aromatic heterocycles. The number of para-hydroxylation sites is 1. The summed E-state index contributed by atoms with van der Waals surface area (Å²) in [6.07, 6.45) is 3.52. The fraction of sp³-hybridized carbons (Fsp3) is 0.167. The molecule has 0 saturated heterocycles. The average molecular weight is 330 g/mol. The predicted octanol–water partition coefficient (Wildman–Crippen LogP) is 4.42. The molecule has 0 spiro atoms. The van der Waals surface area contributed by atoms with Crippen molar-refractivity contribution in [3.8, 4) is 11.5 Å². The summed E-state index contributed by atoms with van der Waals surface area (Å²) in [7, 11) is 1.58. The Hall–Kier alpha value is -2.89. The molecule has 24 heavy (non-hydrogen) atoms. The third-order valence-corrected chi connectivity index (χ3v) is 3.48. The maximum absolute atomic E-state index is 13.3. The Labute approximate surface area is 137 Å². The van der Waals surface area contributed by atoms with Gasteiger partial charge in [0.2, 0.25) is 0 Å². The Morgan fingerprint density at radius 3 is 2.71 bits per heavy atom. The lowest BCUT2D eigenvalue weighted by atomic mass is 10.1. The van der Waals surface area contributed by atoms with Crippen molar-refractivity contribution in [1.29, 1.82) is 0 Å². The molecule has 0 aliphatic rings. The molecule has 0 fully saturated rings. The molecule has 3 aromatic rings. The summed E-state index contributed by atoms with van der Waals surface area (Å²) in [6, 6.07) is 7.70. The van der Waals surface area contributed by atoms with Gasteiger partial charge < -0.3 is 14.5 Å². The molecule has 0 amide bonds. The number of aromatic nitrogens is 2. The molecule has 2 aromatic carbocycles. The number of hydrogen-bond acceptors (Lipinski definition) is 3. The summed E-state index contributed by atoms with van der Waals surface area (Å²) in [4.78, 5) is 7.16. The number of ether oxygens (including phenoxy) is 2. The van der Waals surface area contributed by atoms with E-state index in [1.807, 2.05) is 25.1 Å². The van der Waals surface area contributed by atoms with E-state index in [2.05, 4.69) is 9.97 Å². The zero-order chi connectivity index (χ0) is 17.1. The van der Waals surface area contributed by atoms with E-state index >= 15 is 0 Å². The second-order valence-corrected chi connectivity index (χ2v) is 5.05. The Morgan fingerprint density at radius 1 is 1.17 bits per heavy atom. The standard InChI is InChI=1S/C18H16F2N2O2/c1-3-24-18-11(5-4-6-16(18)23-2)7-8-17-21-14-9-12(19)13(20)10-15(14)22-17/h4-10H,3H2,1-2H3,(H,21,22)/b8-7+. The van der Waals surface area contributed by atoms with Gasteiger partial charge in [-0.1, -0.05) is 12.1 Å². The van der Waals surface area contributed by atoms with Crippen LogP contribution in [0.4, 0.5) is 8.78 Å². The van der Waals surface area contributed by atoms with Crippen molar-refractivity contribution in [2.24, 2.45) is 0 Å². The van der Waals surface area contributed by atoms with Crippen LogP contribution in [0.25, 0.3) is 23.2 Å². The zero-order valence-electron chi connectivity index (χ0n) is 13.3. The van der Waals surface area contributed by atoms with Gasteiger partial charge in [0, 0.05) is 17.7 Å². The highest BCUT2D eigenvalue weighted by Gasteiger charge is 2.09. The first kappa shape index (κ1) is 16.0. The van der Waals surface area contributed by atoms with Crippen LogP contribution in [0.5, 0.6) is 11.5 Å². The molecule has 4 nitrogen and oxygen atoms in total. The minimum Gasteiger partial charge on any atom is -0.493 e. The number of nitrogens with zero attached hydrogens (tertiary/aromatic N) is 1. The van der Waals surface area contributed by atoms with Crippen LogP contribution in [0.1, 0.15) is 18.3 Å². The van der Waals surface area contributed by atoms with Gasteiger partial charge in [-0.2, -0.15) is 0 Å². The van der Waals surface area contributed by atoms with Crippen molar-refractivity contribution < 1.29 is 18.3 Å². The molecule has 0 aliphatic carbocycles. The summed E-state index contributed by atoms with van der Waals surface area (Å²) < 4.78 is 37.4. The second kappa shape index (κ2) is 6.70. The molecule has 0 aliphatic heterocycles. The Morgan fingerprint density at radius 2 is 1.96 bits per heavy atom. The van der Waals surface area contributed by atoms with E-state index < -0.39 is 11.6 Å². The van der Waals surface area contributed by atoms with Crippen LogP contribution in [-0.2, 0) is 0 Å². The molecule has 0 unspecified atom stereocenters. The fourth-order valence-corrected chi connectivity index (χ4v) is 2.40. The SMILES string of the molecule is CCOc1c(/C=C/c2nc3cc(F)c(F)cc3[nH]2)cccc1OC. The lowest BCUT2D eigenvalue weighted by Gasteiger charge is -2.11. The van der Waals surface area contributed by atoms with Crippen LogP contribution in [0.15, 0.2) is 30.3 Å². The molecular weight excluding hydrogens is 314 g/mol. The highest BCUT2D eigenvalue weighted by Crippen LogP contribution is 2.32. The number of hydrogen-bond donors (Lipinski definition) is 1. The first-order valence-electron chi connectivity index (χ1n) is 7.45. The quantitative estimate of drug-likeness (QED) is 0.753. The van der Waals surface area contributed by atoms with Crippen molar-refractivity contribution in [2.75, 3.05) is 13.7 Å². The lowest BCUT2D eigenvalue weighted by molar-refractivity contribution is 0.310. The van der Waals surface area contributed by atoms with Crippen LogP contribution in [-0.4, -0.2) is 23.7 Å². The third kappa shape index (κ3) is 3.08. The number of nitrogens with one attached hydrogen (secondary N) is 1. The zero-order valence-corrected chi connectivity index (χ0v) is 13.3. The number of benzene rings is 2. The van der Waals surface area contributed by atoms with Gasteiger partial charge in [-0.15, -0.1) is 0 Å². The lowest BCUT2D eigenvalue weighted by Crippen LogP contribution is -1.97. The molecule has 3 rings (SSSR count). The number of aromatic amines is 1. The topological polar surface area (TPSA) is 47.1 Å². The van der Waals surface area contributed by atoms with E-state index in [-0.39, 0.29) is 0 Å². The van der Waals surface area contributed by atoms with E-state index in [4.69, 9.17) is 9.47 Å². The van der Waals surface area contributed by atoms with E-state index in [0.717, 1.165) is 17.7 Å². The molecule has 0 radical (unpaired) electrons. The first-order chi connectivity index (χ1) is 11.6. The molecule has 1 heterocycles. The molecule has 6 heteroatoms. The van der Waals surface area contributed by atoms with Crippen molar-refractivity contribution in [3.63, 3.8) is 0 Å². The second-order valence-electron chi connectivity index (χ2n) is 5.05. The van der Waals surface area contributed by atoms with Crippen molar-refractivity contribution in [3.05, 3.63) is 53.4 Å². The van der Waals surface area contributed by atoms with Crippen molar-refractivity contribution >= 4 is 23.2 Å². The smallest absolute Gasteiger partial charge is 0.168 e. The third-order valence-electron chi connectivity index (χ3n) is 3.48. The minimum absolute atomic E-state index is 0.365. The molecule has 0 bridgehead atoms. The number of H-pyrrole nitrogens is 1. The predicted molar refractivity (Wildman–Crippen MR) is 89.1 cm³/mol. The van der Waals surface area contributed by atoms with Crippen LogP contribution >= 0.6 is 0 Å². The average Bonchev–Trinajstić information content (AvgIpc) is 2.96. The molecule has 124 valence electrons. The summed E-state index contributed by atoms with van der Waals surface area (Å²) in [5.74, 6) is -0.0796. The van der Waals surface area contributed by atoms with Gasteiger partial charge in [0.25, 0.3) is 0 Å². The van der Waals surface area contributed by atoms with Crippen molar-refractivity contribution in [2.45, 2.75) is 6.92 Å². The number of fused-ring (bicyclic) bond motifs is 1. The van der Waals surface area contributed by atoms with Gasteiger partial charge in [-0.25, -0.2) is 13.8 Å². The number of imidazole rings is 1. The van der Waals surface area contributed by atoms with E-state index in [1.54, 1.807) is 19.3 Å². The van der Waals surface area contributed by atoms with Gasteiger partial charge >= 0.3 is 0 Å².